The molecule has 1 rings (SSSR count). The van der Waals surface area contributed by atoms with Gasteiger partial charge in [-0.15, -0.1) is 6.58 Å². The van der Waals surface area contributed by atoms with Crippen LogP contribution in [0, 0.1) is 5.92 Å². The molecule has 0 aliphatic carbocycles. The summed E-state index contributed by atoms with van der Waals surface area (Å²) in [5.41, 5.74) is 0. The van der Waals surface area contributed by atoms with Gasteiger partial charge in [0.1, 0.15) is 0 Å². The molecule has 1 N–H and O–H groups in total. The largest absolute Gasteiger partial charge is 0.381 e. The van der Waals surface area contributed by atoms with E-state index in [-0.39, 0.29) is 5.91 Å². The minimum Gasteiger partial charge on any atom is -0.381 e. The van der Waals surface area contributed by atoms with Crippen LogP contribution in [-0.2, 0) is 9.53 Å². The number of nitrogens with one attached hydrogen (secondary N) is 1. The summed E-state index contributed by atoms with van der Waals surface area (Å²) in [6.45, 7) is 6.06. The zero-order chi connectivity index (χ0) is 11.6. The smallest absolute Gasteiger partial charge is 0.243 e. The van der Waals surface area contributed by atoms with Crippen molar-refractivity contribution in [3.05, 3.63) is 24.8 Å². The van der Waals surface area contributed by atoms with Crippen molar-refractivity contribution in [2.75, 3.05) is 19.8 Å². The minimum absolute atomic E-state index is 0.00977. The molecular weight excluding hydrogens is 202 g/mol. The average Bonchev–Trinajstić information content (AvgIpc) is 2.33. The maximum absolute atomic E-state index is 11.4. The van der Waals surface area contributed by atoms with E-state index >= 15 is 0 Å². The Labute approximate surface area is 97.6 Å². The van der Waals surface area contributed by atoms with Crippen LogP contribution in [0.2, 0.25) is 0 Å². The standard InChI is InChI=1S/C13H21NO2/c1-2-3-4-5-6-13(15)14-11-12-7-9-16-10-8-12/h2,5-6,12H,1,3-4,7-11H2,(H,14,15). The summed E-state index contributed by atoms with van der Waals surface area (Å²) in [5.74, 6) is 0.592. The number of unbranched alkanes of at least 4 members (excludes halogenated alkanes) is 1. The van der Waals surface area contributed by atoms with E-state index < -0.39 is 0 Å². The molecule has 90 valence electrons. The second kappa shape index (κ2) is 8.11. The fourth-order valence-electron chi connectivity index (χ4n) is 1.66. The summed E-state index contributed by atoms with van der Waals surface area (Å²) in [6, 6.07) is 0. The van der Waals surface area contributed by atoms with Crippen LogP contribution in [0.25, 0.3) is 0 Å². The molecule has 1 amide bonds. The van der Waals surface area contributed by atoms with Crippen molar-refractivity contribution in [2.24, 2.45) is 5.92 Å². The Morgan fingerprint density at radius 2 is 2.12 bits per heavy atom. The molecule has 0 saturated carbocycles. The van der Waals surface area contributed by atoms with Crippen molar-refractivity contribution in [3.63, 3.8) is 0 Å². The second-order valence-corrected chi connectivity index (χ2v) is 4.07. The van der Waals surface area contributed by atoms with Gasteiger partial charge in [0.25, 0.3) is 0 Å². The van der Waals surface area contributed by atoms with Crippen LogP contribution in [-0.4, -0.2) is 25.7 Å². The van der Waals surface area contributed by atoms with Gasteiger partial charge in [-0.2, -0.15) is 0 Å². The molecule has 0 aromatic carbocycles. The van der Waals surface area contributed by atoms with Crippen LogP contribution in [0.15, 0.2) is 24.8 Å². The van der Waals surface area contributed by atoms with Gasteiger partial charge in [-0.1, -0.05) is 12.2 Å². The monoisotopic (exact) mass is 223 g/mol. The lowest BCUT2D eigenvalue weighted by Gasteiger charge is -2.21. The Hall–Kier alpha value is -1.09. The van der Waals surface area contributed by atoms with Gasteiger partial charge < -0.3 is 10.1 Å². The first-order valence-electron chi connectivity index (χ1n) is 5.96. The van der Waals surface area contributed by atoms with Crippen molar-refractivity contribution in [3.8, 4) is 0 Å². The van der Waals surface area contributed by atoms with Gasteiger partial charge in [-0.3, -0.25) is 4.79 Å². The van der Waals surface area contributed by atoms with Gasteiger partial charge in [0, 0.05) is 19.8 Å². The third-order valence-electron chi connectivity index (χ3n) is 2.71. The van der Waals surface area contributed by atoms with Crippen LogP contribution in [0.1, 0.15) is 25.7 Å². The summed E-state index contributed by atoms with van der Waals surface area (Å²) in [5, 5.41) is 2.92. The molecule has 1 heterocycles. The Morgan fingerprint density at radius 3 is 2.81 bits per heavy atom. The fraction of sp³-hybridized carbons (Fsp3) is 0.615. The Morgan fingerprint density at radius 1 is 1.38 bits per heavy atom. The number of carbonyl (C=O) groups is 1. The quantitative estimate of drug-likeness (QED) is 0.425. The van der Waals surface area contributed by atoms with E-state index in [0.29, 0.717) is 5.92 Å². The van der Waals surface area contributed by atoms with Gasteiger partial charge in [0.05, 0.1) is 0 Å². The van der Waals surface area contributed by atoms with E-state index in [9.17, 15) is 4.79 Å². The first kappa shape index (κ1) is 13.0. The molecular formula is C13H21NO2. The highest BCUT2D eigenvalue weighted by molar-refractivity contribution is 5.87. The van der Waals surface area contributed by atoms with Crippen LogP contribution < -0.4 is 5.32 Å². The molecule has 1 fully saturated rings. The first-order valence-corrected chi connectivity index (χ1v) is 5.96. The van der Waals surface area contributed by atoms with Gasteiger partial charge >= 0.3 is 0 Å². The third kappa shape index (κ3) is 5.71. The zero-order valence-corrected chi connectivity index (χ0v) is 9.78. The third-order valence-corrected chi connectivity index (χ3v) is 2.71. The number of hydrogen-bond donors (Lipinski definition) is 1. The summed E-state index contributed by atoms with van der Waals surface area (Å²) in [6.07, 6.45) is 9.27. The molecule has 0 bridgehead atoms. The molecule has 0 aromatic heterocycles. The van der Waals surface area contributed by atoms with Crippen LogP contribution in [0.4, 0.5) is 0 Å². The topological polar surface area (TPSA) is 38.3 Å². The van der Waals surface area contributed by atoms with Crippen molar-refractivity contribution in [1.82, 2.24) is 5.32 Å². The van der Waals surface area contributed by atoms with E-state index in [2.05, 4.69) is 11.9 Å². The Bertz CT molecular complexity index is 242. The molecule has 1 saturated heterocycles. The van der Waals surface area contributed by atoms with E-state index in [1.54, 1.807) is 6.08 Å². The zero-order valence-electron chi connectivity index (χ0n) is 9.78. The lowest BCUT2D eigenvalue weighted by molar-refractivity contribution is -0.116. The fourth-order valence-corrected chi connectivity index (χ4v) is 1.66. The summed E-state index contributed by atoms with van der Waals surface area (Å²) in [7, 11) is 0. The van der Waals surface area contributed by atoms with Crippen molar-refractivity contribution >= 4 is 5.91 Å². The predicted octanol–water partition coefficient (Wildman–Crippen LogP) is 2.05. The van der Waals surface area contributed by atoms with Crippen molar-refractivity contribution in [1.29, 1.82) is 0 Å². The number of allylic oxidation sites excluding steroid dienone is 2. The molecule has 0 unspecified atom stereocenters. The summed E-state index contributed by atoms with van der Waals surface area (Å²) >= 11 is 0. The Kier molecular flexibility index (Phi) is 6.58. The van der Waals surface area contributed by atoms with E-state index in [4.69, 9.17) is 4.74 Å². The SMILES string of the molecule is C=CCCC=CC(=O)NCC1CCOCC1. The van der Waals surface area contributed by atoms with E-state index in [1.807, 2.05) is 12.2 Å². The van der Waals surface area contributed by atoms with Gasteiger partial charge in [-0.25, -0.2) is 0 Å². The number of carbonyl (C=O) groups excluding carboxylic acids is 1. The van der Waals surface area contributed by atoms with Gasteiger partial charge in [0.2, 0.25) is 5.91 Å². The summed E-state index contributed by atoms with van der Waals surface area (Å²) in [4.78, 5) is 11.4. The summed E-state index contributed by atoms with van der Waals surface area (Å²) < 4.78 is 5.26. The highest BCUT2D eigenvalue weighted by Crippen LogP contribution is 2.12. The first-order chi connectivity index (χ1) is 7.83. The molecule has 0 atom stereocenters. The molecule has 0 spiro atoms. The predicted molar refractivity (Wildman–Crippen MR) is 65.1 cm³/mol. The van der Waals surface area contributed by atoms with E-state index in [1.165, 1.54) is 0 Å². The molecule has 1 aliphatic heterocycles. The van der Waals surface area contributed by atoms with Crippen LogP contribution >= 0.6 is 0 Å². The van der Waals surface area contributed by atoms with E-state index in [0.717, 1.165) is 45.4 Å². The number of amides is 1. The molecule has 1 aliphatic rings. The highest BCUT2D eigenvalue weighted by atomic mass is 16.5. The second-order valence-electron chi connectivity index (χ2n) is 4.07. The molecule has 16 heavy (non-hydrogen) atoms. The highest BCUT2D eigenvalue weighted by Gasteiger charge is 2.13. The average molecular weight is 223 g/mol. The Balaban J connectivity index is 2.09. The van der Waals surface area contributed by atoms with Gasteiger partial charge in [-0.05, 0) is 37.7 Å². The molecule has 0 aromatic rings. The van der Waals surface area contributed by atoms with Crippen molar-refractivity contribution < 1.29 is 9.53 Å². The maximum atomic E-state index is 11.4. The molecule has 3 nitrogen and oxygen atoms in total. The number of rotatable bonds is 6. The number of hydrogen-bond acceptors (Lipinski definition) is 2. The maximum Gasteiger partial charge on any atom is 0.243 e. The minimum atomic E-state index is 0.00977. The van der Waals surface area contributed by atoms with Crippen molar-refractivity contribution in [2.45, 2.75) is 25.7 Å². The lowest BCUT2D eigenvalue weighted by Crippen LogP contribution is -2.31. The molecule has 3 heteroatoms. The lowest BCUT2D eigenvalue weighted by atomic mass is 10.0. The number of ether oxygens (including phenoxy) is 1. The van der Waals surface area contributed by atoms with Gasteiger partial charge in [0.15, 0.2) is 0 Å². The van der Waals surface area contributed by atoms with Crippen LogP contribution in [0.5, 0.6) is 0 Å². The molecule has 0 radical (unpaired) electrons. The normalized spacial score (nSPS) is 17.5. The van der Waals surface area contributed by atoms with Crippen LogP contribution in [0.3, 0.4) is 0 Å².